The number of nitrogens with one attached hydrogen (secondary N) is 2. The van der Waals surface area contributed by atoms with Crippen LogP contribution in [0.25, 0.3) is 0 Å². The van der Waals surface area contributed by atoms with E-state index in [2.05, 4.69) is 17.6 Å². The van der Waals surface area contributed by atoms with Gasteiger partial charge in [-0.05, 0) is 49.5 Å². The lowest BCUT2D eigenvalue weighted by Gasteiger charge is -2.36. The molecule has 5 nitrogen and oxygen atoms in total. The first-order chi connectivity index (χ1) is 10.0. The minimum Gasteiger partial charge on any atom is -0.480 e. The summed E-state index contributed by atoms with van der Waals surface area (Å²) in [5.74, 6) is -0.399. The summed E-state index contributed by atoms with van der Waals surface area (Å²) in [6.45, 7) is 2.63. The average Bonchev–Trinajstić information content (AvgIpc) is 2.94. The minimum absolute atomic E-state index is 0.386. The molecule has 116 valence electrons. The summed E-state index contributed by atoms with van der Waals surface area (Å²) in [6, 6.07) is 3.61. The van der Waals surface area contributed by atoms with Crippen molar-refractivity contribution in [2.24, 2.45) is 5.92 Å². The number of amides is 2. The number of aliphatic carboxylic acids is 1. The number of urea groups is 1. The van der Waals surface area contributed by atoms with Crippen LogP contribution in [-0.2, 0) is 11.2 Å². The van der Waals surface area contributed by atoms with Gasteiger partial charge in [-0.2, -0.15) is 0 Å². The van der Waals surface area contributed by atoms with Crippen LogP contribution in [0.3, 0.4) is 0 Å². The van der Waals surface area contributed by atoms with Gasteiger partial charge in [0.15, 0.2) is 0 Å². The van der Waals surface area contributed by atoms with Gasteiger partial charge < -0.3 is 15.7 Å². The van der Waals surface area contributed by atoms with E-state index >= 15 is 0 Å². The molecular formula is C15H22N2O3S. The quantitative estimate of drug-likeness (QED) is 0.782. The fourth-order valence-corrected chi connectivity index (χ4v) is 3.37. The highest BCUT2D eigenvalue weighted by molar-refractivity contribution is 7.09. The van der Waals surface area contributed by atoms with Crippen molar-refractivity contribution < 1.29 is 14.7 Å². The lowest BCUT2D eigenvalue weighted by Crippen LogP contribution is -2.58. The number of hydrogen-bond acceptors (Lipinski definition) is 3. The second-order valence-corrected chi connectivity index (χ2v) is 6.81. The summed E-state index contributed by atoms with van der Waals surface area (Å²) in [5.41, 5.74) is -1.10. The highest BCUT2D eigenvalue weighted by Gasteiger charge is 2.42. The Morgan fingerprint density at radius 2 is 2.14 bits per heavy atom. The monoisotopic (exact) mass is 310 g/mol. The van der Waals surface area contributed by atoms with Crippen LogP contribution in [0.5, 0.6) is 0 Å². The molecule has 0 saturated heterocycles. The van der Waals surface area contributed by atoms with Crippen LogP contribution >= 0.6 is 11.3 Å². The zero-order valence-corrected chi connectivity index (χ0v) is 13.0. The number of thiophene rings is 1. The predicted octanol–water partition coefficient (Wildman–Crippen LogP) is 2.62. The molecule has 0 unspecified atom stereocenters. The van der Waals surface area contributed by atoms with Gasteiger partial charge in [0.1, 0.15) is 5.54 Å². The molecular weight excluding hydrogens is 288 g/mol. The molecule has 1 heterocycles. The maximum atomic E-state index is 11.9. The van der Waals surface area contributed by atoms with Crippen molar-refractivity contribution in [1.82, 2.24) is 10.6 Å². The van der Waals surface area contributed by atoms with Gasteiger partial charge in [0.2, 0.25) is 0 Å². The molecule has 0 spiro atoms. The third-order valence-electron chi connectivity index (χ3n) is 4.13. The Kier molecular flexibility index (Phi) is 5.22. The summed E-state index contributed by atoms with van der Waals surface area (Å²) in [6.07, 6.45) is 3.44. The first-order valence-corrected chi connectivity index (χ1v) is 8.21. The summed E-state index contributed by atoms with van der Waals surface area (Å²) < 4.78 is 0. The van der Waals surface area contributed by atoms with Gasteiger partial charge >= 0.3 is 12.0 Å². The Morgan fingerprint density at radius 1 is 1.43 bits per heavy atom. The van der Waals surface area contributed by atoms with E-state index in [9.17, 15) is 14.7 Å². The molecule has 0 bridgehead atoms. The second-order valence-electron chi connectivity index (χ2n) is 5.78. The number of hydrogen-bond donors (Lipinski definition) is 3. The molecule has 0 atom stereocenters. The van der Waals surface area contributed by atoms with Gasteiger partial charge in [0, 0.05) is 11.4 Å². The van der Waals surface area contributed by atoms with Crippen molar-refractivity contribution in [2.75, 3.05) is 6.54 Å². The zero-order chi connectivity index (χ0) is 15.3. The third kappa shape index (κ3) is 4.20. The molecule has 1 fully saturated rings. The lowest BCUT2D eigenvalue weighted by molar-refractivity contribution is -0.146. The van der Waals surface area contributed by atoms with Crippen molar-refractivity contribution in [3.05, 3.63) is 22.4 Å². The Bertz CT molecular complexity index is 479. The average molecular weight is 310 g/mol. The highest BCUT2D eigenvalue weighted by atomic mass is 32.1. The molecule has 6 heteroatoms. The summed E-state index contributed by atoms with van der Waals surface area (Å²) in [5, 5.41) is 16.9. The van der Waals surface area contributed by atoms with E-state index in [1.54, 1.807) is 11.3 Å². The number of carbonyl (C=O) groups excluding carboxylic acids is 1. The third-order valence-corrected chi connectivity index (χ3v) is 5.06. The zero-order valence-electron chi connectivity index (χ0n) is 12.2. The van der Waals surface area contributed by atoms with Crippen LogP contribution in [0, 0.1) is 5.92 Å². The number of carboxylic acid groups (broad SMARTS) is 1. The number of carboxylic acids is 1. The van der Waals surface area contributed by atoms with Crippen LogP contribution in [-0.4, -0.2) is 29.2 Å². The van der Waals surface area contributed by atoms with Crippen LogP contribution in [0.4, 0.5) is 4.79 Å². The van der Waals surface area contributed by atoms with Crippen LogP contribution in [0.1, 0.15) is 37.5 Å². The SMILES string of the molecule is CC1CCC(NC(=O)NCCc2cccs2)(C(=O)O)CC1. The van der Waals surface area contributed by atoms with Crippen molar-refractivity contribution in [1.29, 1.82) is 0 Å². The van der Waals surface area contributed by atoms with Gasteiger partial charge in [-0.25, -0.2) is 9.59 Å². The summed E-state index contributed by atoms with van der Waals surface area (Å²) >= 11 is 1.65. The van der Waals surface area contributed by atoms with E-state index in [0.29, 0.717) is 25.3 Å². The molecule has 1 aliphatic rings. The molecule has 2 amide bonds. The van der Waals surface area contributed by atoms with Crippen LogP contribution in [0.15, 0.2) is 17.5 Å². The Balaban J connectivity index is 1.82. The standard InChI is InChI=1S/C15H22N2O3S/c1-11-4-7-15(8-5-11,13(18)19)17-14(20)16-9-6-12-3-2-10-21-12/h2-3,10-11H,4-9H2,1H3,(H,18,19)(H2,16,17,20). The maximum Gasteiger partial charge on any atom is 0.329 e. The van der Waals surface area contributed by atoms with Gasteiger partial charge in [-0.3, -0.25) is 0 Å². The van der Waals surface area contributed by atoms with Crippen molar-refractivity contribution in [2.45, 2.75) is 44.6 Å². The molecule has 1 aromatic heterocycles. The van der Waals surface area contributed by atoms with Gasteiger partial charge in [0.05, 0.1) is 0 Å². The molecule has 1 saturated carbocycles. The normalized spacial score (nSPS) is 25.3. The Hall–Kier alpha value is -1.56. The Morgan fingerprint density at radius 3 is 2.71 bits per heavy atom. The molecule has 1 aromatic rings. The lowest BCUT2D eigenvalue weighted by atomic mass is 9.77. The molecule has 0 radical (unpaired) electrons. The van der Waals surface area contributed by atoms with Crippen molar-refractivity contribution >= 4 is 23.3 Å². The van der Waals surface area contributed by atoms with Crippen molar-refractivity contribution in [3.8, 4) is 0 Å². The molecule has 0 aliphatic heterocycles. The highest BCUT2D eigenvalue weighted by Crippen LogP contribution is 2.32. The van der Waals surface area contributed by atoms with Crippen molar-refractivity contribution in [3.63, 3.8) is 0 Å². The number of rotatable bonds is 5. The smallest absolute Gasteiger partial charge is 0.329 e. The van der Waals surface area contributed by atoms with Gasteiger partial charge in [-0.15, -0.1) is 11.3 Å². The van der Waals surface area contributed by atoms with E-state index in [0.717, 1.165) is 19.3 Å². The molecule has 0 aromatic carbocycles. The number of carbonyl (C=O) groups is 2. The topological polar surface area (TPSA) is 78.4 Å². The molecule has 3 N–H and O–H groups in total. The van der Waals surface area contributed by atoms with Crippen LogP contribution in [0.2, 0.25) is 0 Å². The van der Waals surface area contributed by atoms with E-state index in [1.807, 2.05) is 17.5 Å². The molecule has 1 aliphatic carbocycles. The predicted molar refractivity (Wildman–Crippen MR) is 82.6 cm³/mol. The first kappa shape index (κ1) is 15.8. The maximum absolute atomic E-state index is 11.9. The van der Waals surface area contributed by atoms with Crippen LogP contribution < -0.4 is 10.6 Å². The van der Waals surface area contributed by atoms with E-state index in [1.165, 1.54) is 4.88 Å². The molecule has 2 rings (SSSR count). The van der Waals surface area contributed by atoms with E-state index in [-0.39, 0.29) is 6.03 Å². The van der Waals surface area contributed by atoms with Gasteiger partial charge in [0.25, 0.3) is 0 Å². The summed E-state index contributed by atoms with van der Waals surface area (Å²) in [7, 11) is 0. The minimum atomic E-state index is -1.10. The van der Waals surface area contributed by atoms with E-state index in [4.69, 9.17) is 0 Å². The molecule has 21 heavy (non-hydrogen) atoms. The first-order valence-electron chi connectivity index (χ1n) is 7.34. The van der Waals surface area contributed by atoms with E-state index < -0.39 is 11.5 Å². The Labute approximate surface area is 128 Å². The second kappa shape index (κ2) is 6.93. The fraction of sp³-hybridized carbons (Fsp3) is 0.600. The fourth-order valence-electron chi connectivity index (χ4n) is 2.66. The largest absolute Gasteiger partial charge is 0.480 e. The van der Waals surface area contributed by atoms with Gasteiger partial charge in [-0.1, -0.05) is 13.0 Å². The summed E-state index contributed by atoms with van der Waals surface area (Å²) in [4.78, 5) is 24.7.